The van der Waals surface area contributed by atoms with Crippen molar-refractivity contribution in [1.29, 1.82) is 0 Å². The number of carbonyl (C=O) groups excluding carboxylic acids is 5. The fourth-order valence-electron chi connectivity index (χ4n) is 5.67. The predicted octanol–water partition coefficient (Wildman–Crippen LogP) is -0.502. The maximum atomic E-state index is 14.1. The second kappa shape index (κ2) is 22.0. The second-order valence-corrected chi connectivity index (χ2v) is 15.5. The van der Waals surface area contributed by atoms with Gasteiger partial charge < -0.3 is 54.6 Å². The number of nitrogens with zero attached hydrogens (tertiary/aromatic N) is 2. The van der Waals surface area contributed by atoms with E-state index in [-0.39, 0.29) is 68.1 Å². The number of aliphatic imine (C=N–C) groups is 2. The molecule has 0 saturated carbocycles. The topological polar surface area (TPSA) is 295 Å². The van der Waals surface area contributed by atoms with Crippen LogP contribution in [0.15, 0.2) is 76.7 Å². The van der Waals surface area contributed by atoms with Crippen molar-refractivity contribution in [1.82, 2.24) is 26.6 Å². The Kier molecular flexibility index (Phi) is 16.9. The van der Waals surface area contributed by atoms with Crippen LogP contribution >= 0.6 is 21.6 Å². The van der Waals surface area contributed by atoms with Crippen molar-refractivity contribution in [2.45, 2.75) is 56.3 Å². The van der Waals surface area contributed by atoms with E-state index in [0.29, 0.717) is 12.8 Å². The minimum atomic E-state index is -1.15. The third-order valence-electron chi connectivity index (χ3n) is 8.58. The average molecular weight is 808 g/mol. The number of aromatic hydroxyl groups is 1. The molecule has 300 valence electrons. The van der Waals surface area contributed by atoms with Crippen LogP contribution in [0.1, 0.15) is 30.4 Å². The SMILES string of the molecule is NC(N)=NCCC[C@@H]1NC(=O)[C@H](NC(=O)CCN=C(N)N)CSSC[C@@H](C(=O)NCCc2ccc(O)cc2)NC(=O)[C@@H](Cc2ccc3ccccc3c2)NC1=O. The second-order valence-electron chi connectivity index (χ2n) is 13.0. The summed E-state index contributed by atoms with van der Waals surface area (Å²) in [5.41, 5.74) is 23.4. The Morgan fingerprint density at radius 3 is 2.14 bits per heavy atom. The zero-order valence-electron chi connectivity index (χ0n) is 30.7. The van der Waals surface area contributed by atoms with Gasteiger partial charge in [-0.25, -0.2) is 0 Å². The molecule has 0 aromatic heterocycles. The first kappa shape index (κ1) is 43.0. The molecule has 0 spiro atoms. The molecule has 1 aliphatic rings. The van der Waals surface area contributed by atoms with Gasteiger partial charge >= 0.3 is 0 Å². The van der Waals surface area contributed by atoms with Crippen molar-refractivity contribution in [3.63, 3.8) is 0 Å². The number of hydrogen-bond acceptors (Lipinski definition) is 10. The number of hydrogen-bond donors (Lipinski definition) is 10. The summed E-state index contributed by atoms with van der Waals surface area (Å²) in [6, 6.07) is 15.6. The highest BCUT2D eigenvalue weighted by Gasteiger charge is 2.32. The Labute approximate surface area is 332 Å². The Morgan fingerprint density at radius 1 is 0.768 bits per heavy atom. The number of nitrogens with two attached hydrogens (primary N) is 4. The molecule has 5 amide bonds. The highest BCUT2D eigenvalue weighted by Crippen LogP contribution is 2.24. The third kappa shape index (κ3) is 14.5. The molecule has 3 aromatic carbocycles. The largest absolute Gasteiger partial charge is 0.508 e. The van der Waals surface area contributed by atoms with Crippen molar-refractivity contribution in [3.8, 4) is 5.75 Å². The van der Waals surface area contributed by atoms with Crippen LogP contribution in [0.25, 0.3) is 10.8 Å². The number of carbonyl (C=O) groups is 5. The number of benzene rings is 3. The number of fused-ring (bicyclic) bond motifs is 1. The van der Waals surface area contributed by atoms with Crippen molar-refractivity contribution >= 4 is 73.8 Å². The monoisotopic (exact) mass is 807 g/mol. The minimum Gasteiger partial charge on any atom is -0.508 e. The summed E-state index contributed by atoms with van der Waals surface area (Å²) < 4.78 is 0. The molecular formula is C37H49N11O6S2. The maximum absolute atomic E-state index is 14.1. The molecule has 1 saturated heterocycles. The lowest BCUT2D eigenvalue weighted by Gasteiger charge is -2.27. The van der Waals surface area contributed by atoms with Crippen LogP contribution in [0.5, 0.6) is 5.75 Å². The lowest BCUT2D eigenvalue weighted by Crippen LogP contribution is -2.59. The van der Waals surface area contributed by atoms with Gasteiger partial charge in [-0.3, -0.25) is 34.0 Å². The van der Waals surface area contributed by atoms with E-state index in [9.17, 15) is 29.1 Å². The molecule has 1 heterocycles. The van der Waals surface area contributed by atoms with Crippen LogP contribution in [0.3, 0.4) is 0 Å². The molecule has 1 aliphatic heterocycles. The standard InChI is InChI=1S/C37H49N11O6S2/c38-36(39)43-15-3-6-27-33(52)47-28(19-23-7-10-24-4-1-2-5-25(24)18-23)34(53)48-29(32(51)42-16-13-22-8-11-26(49)12-9-22)20-55-56-21-30(35(54)46-27)45-31(50)14-17-44-37(40)41/h1-2,4-5,7-12,18,27-30,49H,3,6,13-17,19-21H2,(H,42,51)(H,45,50)(H,46,54)(H,47,52)(H,48,53)(H4,38,39,43)(H4,40,41,44)/t27-,28+,29-,30+/m0/s1. The van der Waals surface area contributed by atoms with Gasteiger partial charge in [-0.15, -0.1) is 0 Å². The molecule has 4 rings (SSSR count). The summed E-state index contributed by atoms with van der Waals surface area (Å²) in [6.07, 6.45) is 0.834. The molecule has 1 fully saturated rings. The van der Waals surface area contributed by atoms with Crippen LogP contribution in [0.4, 0.5) is 0 Å². The number of amides is 5. The Hall–Kier alpha value is -5.69. The first-order valence-electron chi connectivity index (χ1n) is 18.0. The number of phenols is 1. The Morgan fingerprint density at radius 2 is 1.41 bits per heavy atom. The number of rotatable bonds is 14. The molecule has 17 nitrogen and oxygen atoms in total. The van der Waals surface area contributed by atoms with E-state index >= 15 is 0 Å². The third-order valence-corrected chi connectivity index (χ3v) is 11.0. The fraction of sp³-hybridized carbons (Fsp3) is 0.378. The summed E-state index contributed by atoms with van der Waals surface area (Å²) in [5.74, 6) is -2.86. The van der Waals surface area contributed by atoms with Gasteiger partial charge in [0, 0.05) is 37.4 Å². The summed E-state index contributed by atoms with van der Waals surface area (Å²) >= 11 is 0. The van der Waals surface area contributed by atoms with Crippen molar-refractivity contribution in [2.75, 3.05) is 31.1 Å². The maximum Gasteiger partial charge on any atom is 0.244 e. The minimum absolute atomic E-state index is 0.00204. The highest BCUT2D eigenvalue weighted by molar-refractivity contribution is 8.76. The number of phenolic OH excluding ortho intramolecular Hbond substituents is 1. The molecule has 56 heavy (non-hydrogen) atoms. The van der Waals surface area contributed by atoms with E-state index in [2.05, 4.69) is 36.6 Å². The quantitative estimate of drug-likeness (QED) is 0.0427. The van der Waals surface area contributed by atoms with E-state index < -0.39 is 53.7 Å². The molecule has 0 unspecified atom stereocenters. The summed E-state index contributed by atoms with van der Waals surface area (Å²) in [4.78, 5) is 76.1. The van der Waals surface area contributed by atoms with Crippen molar-refractivity contribution in [2.24, 2.45) is 32.9 Å². The van der Waals surface area contributed by atoms with E-state index in [4.69, 9.17) is 22.9 Å². The average Bonchev–Trinajstić information content (AvgIpc) is 3.16. The molecule has 4 atom stereocenters. The van der Waals surface area contributed by atoms with E-state index in [1.54, 1.807) is 24.3 Å². The molecule has 0 radical (unpaired) electrons. The zero-order valence-corrected chi connectivity index (χ0v) is 32.4. The Bertz CT molecular complexity index is 1890. The van der Waals surface area contributed by atoms with Crippen LogP contribution in [-0.2, 0) is 36.8 Å². The van der Waals surface area contributed by atoms with Gasteiger partial charge in [-0.05, 0) is 53.3 Å². The molecule has 0 bridgehead atoms. The number of guanidine groups is 2. The van der Waals surface area contributed by atoms with Gasteiger partial charge in [0.1, 0.15) is 29.9 Å². The lowest BCUT2D eigenvalue weighted by molar-refractivity contribution is -0.134. The van der Waals surface area contributed by atoms with E-state index in [1.807, 2.05) is 42.5 Å². The van der Waals surface area contributed by atoms with Gasteiger partial charge in [-0.2, -0.15) is 0 Å². The molecule has 19 heteroatoms. The van der Waals surface area contributed by atoms with Crippen LogP contribution in [0.2, 0.25) is 0 Å². The van der Waals surface area contributed by atoms with E-state index in [0.717, 1.165) is 21.9 Å². The summed E-state index contributed by atoms with van der Waals surface area (Å²) in [5, 5.41) is 25.5. The molecular weight excluding hydrogens is 759 g/mol. The number of nitrogens with one attached hydrogen (secondary N) is 5. The predicted molar refractivity (Wildman–Crippen MR) is 220 cm³/mol. The smallest absolute Gasteiger partial charge is 0.244 e. The zero-order chi connectivity index (χ0) is 40.5. The highest BCUT2D eigenvalue weighted by atomic mass is 33.1. The van der Waals surface area contributed by atoms with Crippen LogP contribution in [-0.4, -0.2) is 102 Å². The molecule has 14 N–H and O–H groups in total. The summed E-state index contributed by atoms with van der Waals surface area (Å²) in [7, 11) is 2.44. The summed E-state index contributed by atoms with van der Waals surface area (Å²) in [6.45, 7) is 0.423. The van der Waals surface area contributed by atoms with Crippen LogP contribution < -0.4 is 49.5 Å². The fourth-order valence-corrected chi connectivity index (χ4v) is 7.99. The normalized spacial score (nSPS) is 19.3. The first-order chi connectivity index (χ1) is 26.9. The molecule has 3 aromatic rings. The van der Waals surface area contributed by atoms with Crippen LogP contribution in [0, 0.1) is 0 Å². The van der Waals surface area contributed by atoms with Crippen molar-refractivity contribution in [3.05, 3.63) is 77.9 Å². The van der Waals surface area contributed by atoms with Gasteiger partial charge in [-0.1, -0.05) is 76.2 Å². The lowest BCUT2D eigenvalue weighted by atomic mass is 10.00. The molecule has 0 aliphatic carbocycles. The van der Waals surface area contributed by atoms with Gasteiger partial charge in [0.05, 0.1) is 6.54 Å². The van der Waals surface area contributed by atoms with Crippen molar-refractivity contribution < 1.29 is 29.1 Å². The Balaban J connectivity index is 1.61. The van der Waals surface area contributed by atoms with Gasteiger partial charge in [0.15, 0.2) is 11.9 Å². The van der Waals surface area contributed by atoms with Gasteiger partial charge in [0.2, 0.25) is 29.5 Å². The van der Waals surface area contributed by atoms with Gasteiger partial charge in [0.25, 0.3) is 0 Å². The van der Waals surface area contributed by atoms with E-state index in [1.165, 1.54) is 21.6 Å². The first-order valence-corrected chi connectivity index (χ1v) is 20.5.